The molecule has 0 fully saturated rings. The number of rotatable bonds is 4. The van der Waals surface area contributed by atoms with E-state index in [1.807, 2.05) is 31.1 Å². The van der Waals surface area contributed by atoms with Crippen LogP contribution < -0.4 is 10.8 Å². The van der Waals surface area contributed by atoms with Crippen LogP contribution in [0, 0.1) is 0 Å². The highest BCUT2D eigenvalue weighted by Gasteiger charge is 2.12. The zero-order valence-corrected chi connectivity index (χ0v) is 8.90. The van der Waals surface area contributed by atoms with Crippen molar-refractivity contribution in [3.05, 3.63) is 23.9 Å². The highest BCUT2D eigenvalue weighted by atomic mass is 16.6. The van der Waals surface area contributed by atoms with Crippen molar-refractivity contribution in [1.82, 2.24) is 4.98 Å². The van der Waals surface area contributed by atoms with Crippen LogP contribution in [0.25, 0.3) is 0 Å². The summed E-state index contributed by atoms with van der Waals surface area (Å²) in [7, 11) is 3.95. The molecule has 1 aromatic rings. The van der Waals surface area contributed by atoms with Crippen LogP contribution in [0.2, 0.25) is 0 Å². The van der Waals surface area contributed by atoms with Gasteiger partial charge in [-0.25, -0.2) is 10.9 Å². The average molecular weight is 195 g/mol. The summed E-state index contributed by atoms with van der Waals surface area (Å²) in [4.78, 5) is 10.9. The second kappa shape index (κ2) is 4.93. The van der Waals surface area contributed by atoms with Crippen molar-refractivity contribution in [3.8, 4) is 0 Å². The first-order valence-electron chi connectivity index (χ1n) is 4.60. The van der Waals surface area contributed by atoms with Gasteiger partial charge in [-0.15, -0.1) is 0 Å². The Labute approximate surface area is 84.6 Å². The van der Waals surface area contributed by atoms with Crippen LogP contribution in [0.4, 0.5) is 5.82 Å². The van der Waals surface area contributed by atoms with E-state index in [-0.39, 0.29) is 5.92 Å². The molecule has 0 aromatic carbocycles. The van der Waals surface area contributed by atoms with Gasteiger partial charge in [0.2, 0.25) is 0 Å². The first-order valence-corrected chi connectivity index (χ1v) is 4.60. The van der Waals surface area contributed by atoms with Crippen molar-refractivity contribution in [3.63, 3.8) is 0 Å². The van der Waals surface area contributed by atoms with Gasteiger partial charge in [-0.05, 0) is 11.6 Å². The minimum atomic E-state index is 0.256. The summed E-state index contributed by atoms with van der Waals surface area (Å²) in [5.41, 5.74) is 1.16. The zero-order valence-electron chi connectivity index (χ0n) is 8.90. The van der Waals surface area contributed by atoms with Crippen LogP contribution in [0.1, 0.15) is 18.4 Å². The molecule has 0 aliphatic heterocycles. The molecule has 0 bridgehead atoms. The van der Waals surface area contributed by atoms with Gasteiger partial charge in [0.25, 0.3) is 0 Å². The van der Waals surface area contributed by atoms with E-state index >= 15 is 0 Å². The second-order valence-electron chi connectivity index (χ2n) is 3.55. The molecule has 0 aliphatic rings. The van der Waals surface area contributed by atoms with Crippen LogP contribution in [-0.2, 0) is 4.84 Å². The standard InChI is InChI=1S/C10H17N3O/c1-8(7-14-11)9-5-4-6-12-10(9)13(2)3/h4-6,8H,7,11H2,1-3H3. The van der Waals surface area contributed by atoms with Crippen LogP contribution in [-0.4, -0.2) is 25.7 Å². The third-order valence-corrected chi connectivity index (χ3v) is 2.12. The number of hydrogen-bond donors (Lipinski definition) is 1. The van der Waals surface area contributed by atoms with Crippen LogP contribution in [0.3, 0.4) is 0 Å². The van der Waals surface area contributed by atoms with Crippen molar-refractivity contribution in [2.75, 3.05) is 25.6 Å². The maximum atomic E-state index is 5.06. The maximum Gasteiger partial charge on any atom is 0.131 e. The Bertz CT molecular complexity index is 288. The van der Waals surface area contributed by atoms with E-state index in [0.29, 0.717) is 6.61 Å². The lowest BCUT2D eigenvalue weighted by Crippen LogP contribution is -2.16. The van der Waals surface area contributed by atoms with E-state index in [9.17, 15) is 0 Å². The molecule has 1 rings (SSSR count). The predicted molar refractivity (Wildman–Crippen MR) is 57.1 cm³/mol. The van der Waals surface area contributed by atoms with Crippen molar-refractivity contribution >= 4 is 5.82 Å². The van der Waals surface area contributed by atoms with Crippen LogP contribution >= 0.6 is 0 Å². The van der Waals surface area contributed by atoms with E-state index in [4.69, 9.17) is 5.90 Å². The topological polar surface area (TPSA) is 51.4 Å². The summed E-state index contributed by atoms with van der Waals surface area (Å²) >= 11 is 0. The summed E-state index contributed by atoms with van der Waals surface area (Å²) in [6.45, 7) is 2.57. The van der Waals surface area contributed by atoms with Gasteiger partial charge in [0.15, 0.2) is 0 Å². The molecule has 4 nitrogen and oxygen atoms in total. The van der Waals surface area contributed by atoms with E-state index in [1.165, 1.54) is 0 Å². The van der Waals surface area contributed by atoms with Gasteiger partial charge in [0.05, 0.1) is 6.61 Å². The van der Waals surface area contributed by atoms with Crippen LogP contribution in [0.15, 0.2) is 18.3 Å². The van der Waals surface area contributed by atoms with Crippen LogP contribution in [0.5, 0.6) is 0 Å². The van der Waals surface area contributed by atoms with E-state index in [1.54, 1.807) is 6.20 Å². The Morgan fingerprint density at radius 3 is 2.86 bits per heavy atom. The molecular formula is C10H17N3O. The third kappa shape index (κ3) is 2.43. The van der Waals surface area contributed by atoms with Gasteiger partial charge in [-0.2, -0.15) is 0 Å². The number of anilines is 1. The minimum absolute atomic E-state index is 0.256. The molecule has 1 heterocycles. The molecule has 0 radical (unpaired) electrons. The van der Waals surface area contributed by atoms with Crippen molar-refractivity contribution in [1.29, 1.82) is 0 Å². The molecule has 0 saturated heterocycles. The van der Waals surface area contributed by atoms with Gasteiger partial charge in [-0.3, -0.25) is 0 Å². The van der Waals surface area contributed by atoms with Gasteiger partial charge in [0, 0.05) is 26.2 Å². The summed E-state index contributed by atoms with van der Waals surface area (Å²) in [6, 6.07) is 3.97. The highest BCUT2D eigenvalue weighted by molar-refractivity contribution is 5.47. The molecule has 2 N–H and O–H groups in total. The van der Waals surface area contributed by atoms with E-state index < -0.39 is 0 Å². The monoisotopic (exact) mass is 195 g/mol. The smallest absolute Gasteiger partial charge is 0.131 e. The first-order chi connectivity index (χ1) is 6.66. The molecule has 0 aliphatic carbocycles. The number of nitrogens with two attached hydrogens (primary N) is 1. The van der Waals surface area contributed by atoms with Crippen molar-refractivity contribution in [2.45, 2.75) is 12.8 Å². The lowest BCUT2D eigenvalue weighted by atomic mass is 10.0. The van der Waals surface area contributed by atoms with Gasteiger partial charge in [0.1, 0.15) is 5.82 Å². The number of nitrogens with zero attached hydrogens (tertiary/aromatic N) is 2. The minimum Gasteiger partial charge on any atom is -0.363 e. The normalized spacial score (nSPS) is 12.6. The Kier molecular flexibility index (Phi) is 3.85. The quantitative estimate of drug-likeness (QED) is 0.732. The lowest BCUT2D eigenvalue weighted by Gasteiger charge is -2.19. The second-order valence-corrected chi connectivity index (χ2v) is 3.55. The molecule has 14 heavy (non-hydrogen) atoms. The Morgan fingerprint density at radius 2 is 2.29 bits per heavy atom. The molecule has 0 saturated carbocycles. The fourth-order valence-electron chi connectivity index (χ4n) is 1.40. The fraction of sp³-hybridized carbons (Fsp3) is 0.500. The summed E-state index contributed by atoms with van der Waals surface area (Å²) < 4.78 is 0. The van der Waals surface area contributed by atoms with E-state index in [0.717, 1.165) is 11.4 Å². The summed E-state index contributed by atoms with van der Waals surface area (Å²) in [6.07, 6.45) is 1.79. The van der Waals surface area contributed by atoms with Crippen molar-refractivity contribution < 1.29 is 4.84 Å². The molecule has 78 valence electrons. The largest absolute Gasteiger partial charge is 0.363 e. The molecule has 4 heteroatoms. The fourth-order valence-corrected chi connectivity index (χ4v) is 1.40. The molecule has 1 unspecified atom stereocenters. The van der Waals surface area contributed by atoms with E-state index in [2.05, 4.69) is 16.7 Å². The molecule has 1 atom stereocenters. The molecular weight excluding hydrogens is 178 g/mol. The van der Waals surface area contributed by atoms with Gasteiger partial charge < -0.3 is 9.74 Å². The lowest BCUT2D eigenvalue weighted by molar-refractivity contribution is 0.126. The summed E-state index contributed by atoms with van der Waals surface area (Å²) in [5, 5.41) is 0. The zero-order chi connectivity index (χ0) is 10.6. The SMILES string of the molecule is CC(CON)c1cccnc1N(C)C. The maximum absolute atomic E-state index is 5.06. The number of hydrogen-bond acceptors (Lipinski definition) is 4. The first kappa shape index (κ1) is 10.9. The Morgan fingerprint density at radius 1 is 1.57 bits per heavy atom. The summed E-state index contributed by atoms with van der Waals surface area (Å²) in [5.74, 6) is 6.28. The van der Waals surface area contributed by atoms with Gasteiger partial charge >= 0.3 is 0 Å². The van der Waals surface area contributed by atoms with Gasteiger partial charge in [-0.1, -0.05) is 13.0 Å². The van der Waals surface area contributed by atoms with Crippen molar-refractivity contribution in [2.24, 2.45) is 5.90 Å². The number of pyridine rings is 1. The molecule has 1 aromatic heterocycles. The molecule has 0 spiro atoms. The Hall–Kier alpha value is -1.13. The molecule has 0 amide bonds. The highest BCUT2D eigenvalue weighted by Crippen LogP contribution is 2.23. The predicted octanol–water partition coefficient (Wildman–Crippen LogP) is 1.14. The third-order valence-electron chi connectivity index (χ3n) is 2.12. The Balaban J connectivity index is 2.94. The average Bonchev–Trinajstić information content (AvgIpc) is 2.18. The number of aromatic nitrogens is 1.